The van der Waals surface area contributed by atoms with Gasteiger partial charge in [-0.15, -0.1) is 0 Å². The van der Waals surface area contributed by atoms with Crippen LogP contribution in [0.5, 0.6) is 0 Å². The molecular formula is C18H20N2O3S. The number of hydrogen-bond acceptors (Lipinski definition) is 3. The minimum Gasteiger partial charge on any atom is -0.325 e. The number of aryl methyl sites for hydroxylation is 1. The molecule has 1 aliphatic rings. The first-order valence-corrected chi connectivity index (χ1v) is 9.53. The Morgan fingerprint density at radius 2 is 1.79 bits per heavy atom. The van der Waals surface area contributed by atoms with E-state index in [1.807, 2.05) is 55.5 Å². The molecular weight excluding hydrogens is 324 g/mol. The monoisotopic (exact) mass is 344 g/mol. The number of carbonyl (C=O) groups excluding carboxylic acids is 1. The van der Waals surface area contributed by atoms with Gasteiger partial charge in [0.2, 0.25) is 15.9 Å². The number of rotatable bonds is 6. The number of sulfonamides is 1. The van der Waals surface area contributed by atoms with Gasteiger partial charge in [-0.05, 0) is 36.1 Å². The molecule has 1 unspecified atom stereocenters. The van der Waals surface area contributed by atoms with Crippen molar-refractivity contribution in [3.63, 3.8) is 0 Å². The Bertz CT molecular complexity index is 862. The van der Waals surface area contributed by atoms with Crippen LogP contribution >= 0.6 is 0 Å². The molecule has 0 saturated heterocycles. The lowest BCUT2D eigenvalue weighted by molar-refractivity contribution is -0.117. The van der Waals surface area contributed by atoms with Crippen molar-refractivity contribution in [1.82, 2.24) is 4.72 Å². The predicted molar refractivity (Wildman–Crippen MR) is 94.2 cm³/mol. The van der Waals surface area contributed by atoms with Crippen LogP contribution in [0.4, 0.5) is 5.69 Å². The highest BCUT2D eigenvalue weighted by atomic mass is 32.2. The Morgan fingerprint density at radius 3 is 2.58 bits per heavy atom. The standard InChI is InChI=1S/C18H20N2O3S/c1-13-6-2-3-7-14(13)12-24(22,23)19-11-10-16-15-8-4-5-9-17(15)20-18(16)21/h2-9,16,19H,10-12H2,1H3,(H,20,21). The average Bonchev–Trinajstić information content (AvgIpc) is 2.85. The van der Waals surface area contributed by atoms with Crippen LogP contribution in [-0.4, -0.2) is 20.9 Å². The summed E-state index contributed by atoms with van der Waals surface area (Å²) in [6.45, 7) is 2.13. The first kappa shape index (κ1) is 16.7. The number of nitrogens with one attached hydrogen (secondary N) is 2. The van der Waals surface area contributed by atoms with Crippen LogP contribution in [0.15, 0.2) is 48.5 Å². The second kappa shape index (κ2) is 6.75. The van der Waals surface area contributed by atoms with Crippen molar-refractivity contribution in [2.45, 2.75) is 25.0 Å². The Balaban J connectivity index is 1.60. The number of benzene rings is 2. The first-order valence-electron chi connectivity index (χ1n) is 7.88. The minimum absolute atomic E-state index is 0.0485. The normalized spacial score (nSPS) is 16.7. The van der Waals surface area contributed by atoms with Crippen LogP contribution in [-0.2, 0) is 20.6 Å². The van der Waals surface area contributed by atoms with Gasteiger partial charge in [-0.1, -0.05) is 42.5 Å². The summed E-state index contributed by atoms with van der Waals surface area (Å²) in [4.78, 5) is 12.0. The highest BCUT2D eigenvalue weighted by Crippen LogP contribution is 2.33. The van der Waals surface area contributed by atoms with E-state index in [1.165, 1.54) is 0 Å². The summed E-state index contributed by atoms with van der Waals surface area (Å²) < 4.78 is 27.1. The van der Waals surface area contributed by atoms with Crippen LogP contribution in [0.3, 0.4) is 0 Å². The number of carbonyl (C=O) groups is 1. The van der Waals surface area contributed by atoms with Gasteiger partial charge in [0.05, 0.1) is 11.7 Å². The molecule has 0 aliphatic carbocycles. The van der Waals surface area contributed by atoms with Crippen LogP contribution in [0, 0.1) is 6.92 Å². The van der Waals surface area contributed by atoms with E-state index in [4.69, 9.17) is 0 Å². The Morgan fingerprint density at radius 1 is 1.08 bits per heavy atom. The third kappa shape index (κ3) is 3.66. The molecule has 0 saturated carbocycles. The molecule has 0 bridgehead atoms. The van der Waals surface area contributed by atoms with E-state index in [0.717, 1.165) is 22.4 Å². The summed E-state index contributed by atoms with van der Waals surface area (Å²) in [7, 11) is -3.43. The highest BCUT2D eigenvalue weighted by Gasteiger charge is 2.29. The zero-order valence-corrected chi connectivity index (χ0v) is 14.3. The Kier molecular flexibility index (Phi) is 4.69. The summed E-state index contributed by atoms with van der Waals surface area (Å²) in [6, 6.07) is 14.9. The minimum atomic E-state index is -3.43. The molecule has 0 aromatic heterocycles. The SMILES string of the molecule is Cc1ccccc1CS(=O)(=O)NCCC1C(=O)Nc2ccccc21. The van der Waals surface area contributed by atoms with E-state index in [9.17, 15) is 13.2 Å². The van der Waals surface area contributed by atoms with Gasteiger partial charge in [0.25, 0.3) is 0 Å². The molecule has 3 rings (SSSR count). The maximum Gasteiger partial charge on any atom is 0.232 e. The van der Waals surface area contributed by atoms with Crippen molar-refractivity contribution in [3.8, 4) is 0 Å². The molecule has 1 aliphatic heterocycles. The molecule has 24 heavy (non-hydrogen) atoms. The lowest BCUT2D eigenvalue weighted by Crippen LogP contribution is -2.28. The zero-order chi connectivity index (χ0) is 17.2. The van der Waals surface area contributed by atoms with Gasteiger partial charge in [0.15, 0.2) is 0 Å². The quantitative estimate of drug-likeness (QED) is 0.845. The molecule has 1 amide bonds. The smallest absolute Gasteiger partial charge is 0.232 e. The number of amides is 1. The van der Waals surface area contributed by atoms with E-state index < -0.39 is 10.0 Å². The topological polar surface area (TPSA) is 75.3 Å². The number of anilines is 1. The van der Waals surface area contributed by atoms with Crippen LogP contribution in [0.1, 0.15) is 29.0 Å². The summed E-state index contributed by atoms with van der Waals surface area (Å²) in [5.74, 6) is -0.427. The van der Waals surface area contributed by atoms with Crippen molar-refractivity contribution >= 4 is 21.6 Å². The lowest BCUT2D eigenvalue weighted by Gasteiger charge is -2.11. The second-order valence-electron chi connectivity index (χ2n) is 6.00. The fourth-order valence-electron chi connectivity index (χ4n) is 2.95. The molecule has 126 valence electrons. The number of para-hydroxylation sites is 1. The number of hydrogen-bond donors (Lipinski definition) is 2. The van der Waals surface area contributed by atoms with Gasteiger partial charge in [-0.2, -0.15) is 0 Å². The number of fused-ring (bicyclic) bond motifs is 1. The molecule has 5 nitrogen and oxygen atoms in total. The van der Waals surface area contributed by atoms with Gasteiger partial charge in [0, 0.05) is 12.2 Å². The first-order chi connectivity index (χ1) is 11.5. The van der Waals surface area contributed by atoms with Gasteiger partial charge < -0.3 is 5.32 Å². The fourth-order valence-corrected chi connectivity index (χ4v) is 4.21. The summed E-state index contributed by atoms with van der Waals surface area (Å²) in [6.07, 6.45) is 0.440. The van der Waals surface area contributed by atoms with E-state index in [1.54, 1.807) is 0 Å². The maximum atomic E-state index is 12.2. The molecule has 1 heterocycles. The van der Waals surface area contributed by atoms with Gasteiger partial charge in [-0.25, -0.2) is 13.1 Å². The van der Waals surface area contributed by atoms with Crippen molar-refractivity contribution in [2.75, 3.05) is 11.9 Å². The summed E-state index contributed by atoms with van der Waals surface area (Å²) in [5.41, 5.74) is 3.48. The van der Waals surface area contributed by atoms with Crippen molar-refractivity contribution in [3.05, 3.63) is 65.2 Å². The van der Waals surface area contributed by atoms with Crippen molar-refractivity contribution in [2.24, 2.45) is 0 Å². The van der Waals surface area contributed by atoms with Crippen LogP contribution in [0.25, 0.3) is 0 Å². The van der Waals surface area contributed by atoms with E-state index in [2.05, 4.69) is 10.0 Å². The third-order valence-corrected chi connectivity index (χ3v) is 5.61. The van der Waals surface area contributed by atoms with Crippen LogP contribution in [0.2, 0.25) is 0 Å². The third-order valence-electron chi connectivity index (χ3n) is 4.27. The van der Waals surface area contributed by atoms with Crippen molar-refractivity contribution in [1.29, 1.82) is 0 Å². The molecule has 2 aromatic rings. The Hall–Kier alpha value is -2.18. The Labute approximate surface area is 142 Å². The van der Waals surface area contributed by atoms with E-state index in [-0.39, 0.29) is 24.1 Å². The van der Waals surface area contributed by atoms with E-state index in [0.29, 0.717) is 6.42 Å². The van der Waals surface area contributed by atoms with Gasteiger partial charge in [-0.3, -0.25) is 4.79 Å². The molecule has 1 atom stereocenters. The van der Waals surface area contributed by atoms with Gasteiger partial charge in [0.1, 0.15) is 0 Å². The molecule has 0 radical (unpaired) electrons. The van der Waals surface area contributed by atoms with Crippen LogP contribution < -0.4 is 10.0 Å². The molecule has 6 heteroatoms. The second-order valence-corrected chi connectivity index (χ2v) is 7.80. The molecule has 2 aromatic carbocycles. The zero-order valence-electron chi connectivity index (χ0n) is 13.5. The largest absolute Gasteiger partial charge is 0.325 e. The van der Waals surface area contributed by atoms with E-state index >= 15 is 0 Å². The predicted octanol–water partition coefficient (Wildman–Crippen LogP) is 2.54. The maximum absolute atomic E-state index is 12.2. The molecule has 0 spiro atoms. The van der Waals surface area contributed by atoms with Gasteiger partial charge >= 0.3 is 0 Å². The fraction of sp³-hybridized carbons (Fsp3) is 0.278. The molecule has 2 N–H and O–H groups in total. The summed E-state index contributed by atoms with van der Waals surface area (Å²) in [5, 5.41) is 2.83. The molecule has 0 fully saturated rings. The van der Waals surface area contributed by atoms with Crippen molar-refractivity contribution < 1.29 is 13.2 Å². The summed E-state index contributed by atoms with van der Waals surface area (Å²) >= 11 is 0. The highest BCUT2D eigenvalue weighted by molar-refractivity contribution is 7.88. The average molecular weight is 344 g/mol. The lowest BCUT2D eigenvalue weighted by atomic mass is 9.97.